The maximum absolute atomic E-state index is 16.1. The molecule has 0 heterocycles. The normalized spacial score (nSPS) is 12.1. The van der Waals surface area contributed by atoms with Crippen LogP contribution in [-0.2, 0) is 47.4 Å². The van der Waals surface area contributed by atoms with Gasteiger partial charge in [-0.25, -0.2) is 179 Å². The Morgan fingerprint density at radius 3 is 0.324 bits per heavy atom. The van der Waals surface area contributed by atoms with Crippen LogP contribution in [0, 0.1) is 202 Å². The van der Waals surface area contributed by atoms with E-state index in [1.54, 1.807) is 0 Å². The van der Waals surface area contributed by atoms with Gasteiger partial charge < -0.3 is 47.4 Å². The standard InChI is InChI=1S/C71H24F32N24O18/c72-21-13(22(73)38(89)53(37(21)88)112-120-104)61(128)138-5-69(6-139-62(129)14-23(74)39(90)54(113-121-105)40(91)24(14)75,1-136-3-70(7-140-63(130)15-25(76)41(92)55(114-122-106)42(93)26(15)77,8-141-64(131)16-27(78)43(94)56(115-123-107)44(95)28(16)79)9-142-65(132)17-29(80)45(96)57(116-124-108)46(97)30(17)81)2-137-4-71(10-143-66(133)18-31(82)47(98)58(117-125-109)48(99)32(18)83,11-144-67(134)19-33(84)49(100)59(118-126-110)50(101)34(19)85)12-145-68(135)20-35(86)51(102)60(119-127-111)52(103)36(20)87/h1-12H2. The van der Waals surface area contributed by atoms with Gasteiger partial charge in [0.05, 0.1) is 42.7 Å². The van der Waals surface area contributed by atoms with Gasteiger partial charge in [-0.3, -0.25) is 0 Å². The van der Waals surface area contributed by atoms with Gasteiger partial charge in [0.1, 0.15) is 143 Å². The second kappa shape index (κ2) is 46.2. The Bertz CT molecular complexity index is 6170. The fourth-order valence-corrected chi connectivity index (χ4v) is 11.5. The average Bonchev–Trinajstić information content (AvgIpc) is 0.783. The topological polar surface area (TPSA) is 619 Å². The molecule has 0 saturated carbocycles. The Hall–Kier alpha value is -18.3. The van der Waals surface area contributed by atoms with E-state index in [1.165, 1.54) is 0 Å². The molecule has 74 heteroatoms. The molecule has 8 aromatic carbocycles. The maximum atomic E-state index is 16.1. The van der Waals surface area contributed by atoms with Gasteiger partial charge in [0.25, 0.3) is 0 Å². The van der Waals surface area contributed by atoms with E-state index < -0.39 is 419 Å². The predicted octanol–water partition coefficient (Wildman–Crippen LogP) is 22.8. The molecule has 42 nitrogen and oxygen atoms in total. The minimum absolute atomic E-state index is 1.82. The second-order valence-electron chi connectivity index (χ2n) is 27.4. The summed E-state index contributed by atoms with van der Waals surface area (Å²) in [5.74, 6) is -123. The van der Waals surface area contributed by atoms with Crippen LogP contribution in [0.2, 0.25) is 0 Å². The SMILES string of the molecule is [N-]=[N+]=Nc1c(F)c(F)c(C(=O)OCC(COCC(COC(=O)c2c(F)c(F)c(N=[N+]=[N-])c(F)c2F)(COC(=O)c2c(F)c(F)c(N=[N+]=[N-])c(F)c2F)COC(=O)c2c(F)c(F)c(N=[N+]=[N-])c(F)c2F)(COCC(COC(=O)c2c(F)c(F)c(N=[N+]=[N-])c(F)c2F)(COC(=O)c2c(F)c(F)c(N=[N+]=[N-])c(F)c2F)COC(=O)c2c(F)c(F)c(N=[N+]=[N-])c(F)c2F)COC(=O)c2c(F)c(F)c(N=[N+]=[N-])c(F)c2F)c(F)c1F. The second-order valence-corrected chi connectivity index (χ2v) is 27.4. The molecule has 0 aliphatic heterocycles. The van der Waals surface area contributed by atoms with E-state index in [2.05, 4.69) is 69.3 Å². The van der Waals surface area contributed by atoms with E-state index in [4.69, 9.17) is 63.2 Å². The molecule has 0 N–H and O–H groups in total. The molecule has 8 rings (SSSR count). The number of ether oxygens (including phenoxy) is 10. The Labute approximate surface area is 768 Å². The molecule has 0 fully saturated rings. The van der Waals surface area contributed by atoms with Gasteiger partial charge in [0.2, 0.25) is 0 Å². The van der Waals surface area contributed by atoms with E-state index in [1.807, 2.05) is 39.3 Å². The number of azide groups is 8. The zero-order valence-electron chi connectivity index (χ0n) is 68.2. The number of benzene rings is 8. The Morgan fingerprint density at radius 2 is 0.241 bits per heavy atom. The number of hydrogen-bond donors (Lipinski definition) is 0. The summed E-state index contributed by atoms with van der Waals surface area (Å²) in [4.78, 5) is 127. The highest BCUT2D eigenvalue weighted by Gasteiger charge is 2.48. The molecular formula is C71H24F32N24O18. The molecule has 0 saturated heterocycles. The van der Waals surface area contributed by atoms with Gasteiger partial charge in [0, 0.05) is 39.3 Å². The Morgan fingerprint density at radius 1 is 0.159 bits per heavy atom. The first-order chi connectivity index (χ1) is 68.2. The smallest absolute Gasteiger partial charge is 0.344 e. The third-order valence-corrected chi connectivity index (χ3v) is 18.4. The molecule has 0 aliphatic carbocycles. The molecule has 0 aromatic heterocycles. The third-order valence-electron chi connectivity index (χ3n) is 18.4. The lowest BCUT2D eigenvalue weighted by Gasteiger charge is -2.37. The van der Waals surface area contributed by atoms with Crippen LogP contribution in [0.4, 0.5) is 186 Å². The zero-order chi connectivity index (χ0) is 109. The molecule has 145 heavy (non-hydrogen) atoms. The molecule has 0 aliphatic rings. The van der Waals surface area contributed by atoms with Crippen molar-refractivity contribution in [2.45, 2.75) is 0 Å². The third kappa shape index (κ3) is 22.3. The minimum Gasteiger partial charge on any atom is -0.461 e. The first-order valence-corrected chi connectivity index (χ1v) is 36.0. The molecule has 0 atom stereocenters. The number of halogens is 32. The number of nitrogens with zero attached hydrogens (tertiary/aromatic N) is 24. The summed E-state index contributed by atoms with van der Waals surface area (Å²) >= 11 is 0. The van der Waals surface area contributed by atoms with Crippen molar-refractivity contribution in [3.05, 3.63) is 314 Å². The van der Waals surface area contributed by atoms with Crippen LogP contribution in [0.3, 0.4) is 0 Å². The van der Waals surface area contributed by atoms with Crippen molar-refractivity contribution >= 4 is 93.3 Å². The lowest BCUT2D eigenvalue weighted by molar-refractivity contribution is -0.132. The van der Waals surface area contributed by atoms with Crippen LogP contribution in [0.1, 0.15) is 82.9 Å². The fourth-order valence-electron chi connectivity index (χ4n) is 11.5. The fraction of sp³-hybridized carbons (Fsp3) is 0.211. The Kier molecular flexibility index (Phi) is 35.7. The monoisotopic (exact) mass is 2110 g/mol. The summed E-state index contributed by atoms with van der Waals surface area (Å²) in [5.41, 5.74) is 16.5. The van der Waals surface area contributed by atoms with Crippen LogP contribution in [0.5, 0.6) is 0 Å². The van der Waals surface area contributed by atoms with Crippen molar-refractivity contribution in [1.29, 1.82) is 0 Å². The van der Waals surface area contributed by atoms with Gasteiger partial charge in [0.15, 0.2) is 186 Å². The summed E-state index contributed by atoms with van der Waals surface area (Å²) in [6.07, 6.45) is 0. The highest BCUT2D eigenvalue weighted by atomic mass is 19.2. The number of carbonyl (C=O) groups excluding carboxylic acids is 8. The van der Waals surface area contributed by atoms with E-state index in [-0.39, 0.29) is 0 Å². The molecular weight excluding hydrogens is 2080 g/mol. The van der Waals surface area contributed by atoms with E-state index in [9.17, 15) is 38.4 Å². The molecule has 0 unspecified atom stereocenters. The number of carbonyl (C=O) groups is 8. The molecule has 760 valence electrons. The number of esters is 8. The number of rotatable bonds is 40. The average molecular weight is 2110 g/mol. The summed E-state index contributed by atoms with van der Waals surface area (Å²) in [5, 5.41) is 18.1. The molecule has 0 spiro atoms. The van der Waals surface area contributed by atoms with E-state index in [0.717, 1.165) is 0 Å². The predicted molar refractivity (Wildman–Crippen MR) is 392 cm³/mol. The first-order valence-electron chi connectivity index (χ1n) is 36.0. The molecule has 8 aromatic rings. The van der Waals surface area contributed by atoms with Crippen molar-refractivity contribution in [3.8, 4) is 0 Å². The summed E-state index contributed by atoms with van der Waals surface area (Å²) in [7, 11) is 0. The zero-order valence-corrected chi connectivity index (χ0v) is 68.2. The van der Waals surface area contributed by atoms with Gasteiger partial charge in [-0.2, -0.15) is 0 Å². The summed E-state index contributed by atoms with van der Waals surface area (Å²) in [6.45, 7) is -32.6. The van der Waals surface area contributed by atoms with Crippen molar-refractivity contribution in [2.75, 3.05) is 79.3 Å². The first kappa shape index (κ1) is 112. The van der Waals surface area contributed by atoms with Gasteiger partial charge >= 0.3 is 47.8 Å². The Balaban J connectivity index is 1.50. The van der Waals surface area contributed by atoms with Crippen LogP contribution >= 0.6 is 0 Å². The van der Waals surface area contributed by atoms with Gasteiger partial charge in [-0.05, 0) is 44.2 Å². The summed E-state index contributed by atoms with van der Waals surface area (Å²) in [6, 6.07) is 0. The van der Waals surface area contributed by atoms with Crippen LogP contribution in [0.15, 0.2) is 40.9 Å². The van der Waals surface area contributed by atoms with Crippen molar-refractivity contribution in [1.82, 2.24) is 0 Å². The molecule has 0 amide bonds. The van der Waals surface area contributed by atoms with Gasteiger partial charge in [-0.15, -0.1) is 0 Å². The van der Waals surface area contributed by atoms with Crippen LogP contribution in [-0.4, -0.2) is 127 Å². The lowest BCUT2D eigenvalue weighted by atomic mass is 9.89. The van der Waals surface area contributed by atoms with Crippen molar-refractivity contribution in [2.24, 2.45) is 57.2 Å². The highest BCUT2D eigenvalue weighted by Crippen LogP contribution is 2.43. The van der Waals surface area contributed by atoms with Crippen LogP contribution < -0.4 is 0 Å². The minimum atomic E-state index is -4.20. The van der Waals surface area contributed by atoms with Crippen molar-refractivity contribution < 1.29 is 226 Å². The lowest BCUT2D eigenvalue weighted by Crippen LogP contribution is -2.48. The van der Waals surface area contributed by atoms with Crippen molar-refractivity contribution in [3.63, 3.8) is 0 Å². The quantitative estimate of drug-likeness (QED) is 0.00654. The van der Waals surface area contributed by atoms with E-state index >= 15 is 140 Å². The molecule has 0 radical (unpaired) electrons. The molecule has 0 bridgehead atoms. The van der Waals surface area contributed by atoms with E-state index in [0.29, 0.717) is 0 Å². The maximum Gasteiger partial charge on any atom is 0.344 e. The van der Waals surface area contributed by atoms with Crippen LogP contribution in [0.25, 0.3) is 83.5 Å². The highest BCUT2D eigenvalue weighted by molar-refractivity contribution is 5.95. The van der Waals surface area contributed by atoms with Gasteiger partial charge in [-0.1, -0.05) is 40.9 Å². The largest absolute Gasteiger partial charge is 0.461 e. The number of hydrogen-bond acceptors (Lipinski definition) is 26. The summed E-state index contributed by atoms with van der Waals surface area (Å²) < 4.78 is 551.